The Kier molecular flexibility index (Phi) is 4.10. The van der Waals surface area contributed by atoms with Gasteiger partial charge in [-0.05, 0) is 25.0 Å². The maximum Gasteiger partial charge on any atom is 0.143 e. The van der Waals surface area contributed by atoms with E-state index in [-0.39, 0.29) is 0 Å². The molecule has 2 atom stereocenters. The van der Waals surface area contributed by atoms with Crippen LogP contribution in [0.5, 0.6) is 5.75 Å². The molecule has 0 radical (unpaired) electrons. The summed E-state index contributed by atoms with van der Waals surface area (Å²) in [6, 6.07) is 4.48. The van der Waals surface area contributed by atoms with Crippen molar-refractivity contribution in [3.63, 3.8) is 0 Å². The number of thioether (sulfide) groups is 1. The molecule has 0 aliphatic carbocycles. The van der Waals surface area contributed by atoms with E-state index in [1.807, 2.05) is 24.8 Å². The molecule has 1 aliphatic rings. The number of methoxy groups -OCH3 is 1. The van der Waals surface area contributed by atoms with E-state index in [9.17, 15) is 0 Å². The number of halogens is 1. The average molecular weight is 272 g/mol. The minimum Gasteiger partial charge on any atom is -0.495 e. The van der Waals surface area contributed by atoms with Gasteiger partial charge in [-0.3, -0.25) is 0 Å². The molecule has 1 fully saturated rings. The van der Waals surface area contributed by atoms with Crippen LogP contribution in [0.3, 0.4) is 0 Å². The monoisotopic (exact) mass is 271 g/mol. The van der Waals surface area contributed by atoms with Gasteiger partial charge in [0.1, 0.15) is 5.75 Å². The number of hydrogen-bond donors (Lipinski definition) is 1. The Morgan fingerprint density at radius 1 is 1.47 bits per heavy atom. The van der Waals surface area contributed by atoms with Crippen LogP contribution >= 0.6 is 23.4 Å². The molecule has 0 saturated carbocycles. The molecule has 1 aliphatic heterocycles. The van der Waals surface area contributed by atoms with Gasteiger partial charge in [-0.25, -0.2) is 0 Å². The molecule has 1 aromatic rings. The van der Waals surface area contributed by atoms with E-state index >= 15 is 0 Å². The molecule has 2 nitrogen and oxygen atoms in total. The molecule has 17 heavy (non-hydrogen) atoms. The van der Waals surface area contributed by atoms with Crippen LogP contribution in [0.1, 0.15) is 18.9 Å². The van der Waals surface area contributed by atoms with Crippen LogP contribution in [0, 0.1) is 6.92 Å². The number of ether oxygens (including phenoxy) is 1. The number of anilines is 1. The van der Waals surface area contributed by atoms with Gasteiger partial charge in [0.15, 0.2) is 0 Å². The topological polar surface area (TPSA) is 21.3 Å². The van der Waals surface area contributed by atoms with Crippen LogP contribution in [-0.4, -0.2) is 24.2 Å². The lowest BCUT2D eigenvalue weighted by atomic mass is 10.1. The summed E-state index contributed by atoms with van der Waals surface area (Å²) in [5.74, 6) is 1.98. The minimum atomic E-state index is 0.532. The van der Waals surface area contributed by atoms with Gasteiger partial charge in [-0.1, -0.05) is 18.5 Å². The Balaban J connectivity index is 2.17. The molecule has 4 heteroatoms. The van der Waals surface area contributed by atoms with Gasteiger partial charge in [0, 0.05) is 28.1 Å². The molecular formula is C13H18ClNOS. The lowest BCUT2D eigenvalue weighted by molar-refractivity contribution is 0.416. The number of benzene rings is 1. The molecule has 1 aromatic carbocycles. The first-order valence-corrected chi connectivity index (χ1v) is 7.25. The molecule has 0 amide bonds. The van der Waals surface area contributed by atoms with Gasteiger partial charge in [-0.2, -0.15) is 11.8 Å². The van der Waals surface area contributed by atoms with Crippen molar-refractivity contribution >= 4 is 29.1 Å². The summed E-state index contributed by atoms with van der Waals surface area (Å²) in [6.07, 6.45) is 1.20. The first-order valence-electron chi connectivity index (χ1n) is 5.82. The van der Waals surface area contributed by atoms with E-state index in [1.165, 1.54) is 6.42 Å². The van der Waals surface area contributed by atoms with Crippen LogP contribution in [0.25, 0.3) is 0 Å². The van der Waals surface area contributed by atoms with Gasteiger partial charge in [0.2, 0.25) is 0 Å². The molecule has 1 heterocycles. The third-order valence-electron chi connectivity index (χ3n) is 3.04. The van der Waals surface area contributed by atoms with Crippen LogP contribution in [0.4, 0.5) is 5.69 Å². The van der Waals surface area contributed by atoms with E-state index < -0.39 is 0 Å². The Morgan fingerprint density at radius 2 is 2.24 bits per heavy atom. The Labute approximate surface area is 112 Å². The zero-order chi connectivity index (χ0) is 12.4. The summed E-state index contributed by atoms with van der Waals surface area (Å²) in [6.45, 7) is 4.29. The van der Waals surface area contributed by atoms with Crippen molar-refractivity contribution in [1.82, 2.24) is 0 Å². The predicted molar refractivity (Wildman–Crippen MR) is 76.7 cm³/mol. The third-order valence-corrected chi connectivity index (χ3v) is 4.80. The maximum atomic E-state index is 6.09. The van der Waals surface area contributed by atoms with E-state index in [4.69, 9.17) is 16.3 Å². The number of nitrogens with one attached hydrogen (secondary N) is 1. The highest BCUT2D eigenvalue weighted by atomic mass is 35.5. The highest BCUT2D eigenvalue weighted by Crippen LogP contribution is 2.34. The molecule has 0 aromatic heterocycles. The smallest absolute Gasteiger partial charge is 0.143 e. The van der Waals surface area contributed by atoms with E-state index in [2.05, 4.69) is 18.3 Å². The van der Waals surface area contributed by atoms with Crippen molar-refractivity contribution in [3.05, 3.63) is 22.7 Å². The molecule has 2 rings (SSSR count). The Morgan fingerprint density at radius 3 is 2.82 bits per heavy atom. The lowest BCUT2D eigenvalue weighted by Gasteiger charge is -2.17. The summed E-state index contributed by atoms with van der Waals surface area (Å²) < 4.78 is 5.36. The van der Waals surface area contributed by atoms with E-state index in [1.54, 1.807) is 7.11 Å². The van der Waals surface area contributed by atoms with Crippen LogP contribution in [0.2, 0.25) is 5.02 Å². The van der Waals surface area contributed by atoms with Crippen molar-refractivity contribution in [2.75, 3.05) is 18.2 Å². The van der Waals surface area contributed by atoms with Crippen LogP contribution in [0.15, 0.2) is 12.1 Å². The van der Waals surface area contributed by atoms with Crippen molar-refractivity contribution < 1.29 is 4.74 Å². The summed E-state index contributed by atoms with van der Waals surface area (Å²) in [4.78, 5) is 0. The minimum absolute atomic E-state index is 0.532. The summed E-state index contributed by atoms with van der Waals surface area (Å²) >= 11 is 8.11. The highest BCUT2D eigenvalue weighted by molar-refractivity contribution is 8.00. The summed E-state index contributed by atoms with van der Waals surface area (Å²) in [5, 5.41) is 5.05. The quantitative estimate of drug-likeness (QED) is 0.899. The lowest BCUT2D eigenvalue weighted by Crippen LogP contribution is -2.19. The van der Waals surface area contributed by atoms with Gasteiger partial charge < -0.3 is 10.1 Å². The maximum absolute atomic E-state index is 6.09. The average Bonchev–Trinajstić information content (AvgIpc) is 2.69. The largest absolute Gasteiger partial charge is 0.495 e. The first kappa shape index (κ1) is 12.9. The molecule has 94 valence electrons. The zero-order valence-electron chi connectivity index (χ0n) is 10.4. The number of aryl methyl sites for hydroxylation is 1. The van der Waals surface area contributed by atoms with E-state index in [0.717, 1.165) is 33.0 Å². The zero-order valence-corrected chi connectivity index (χ0v) is 12.0. The Hall–Kier alpha value is -0.540. The van der Waals surface area contributed by atoms with Gasteiger partial charge >= 0.3 is 0 Å². The first-order chi connectivity index (χ1) is 8.10. The fourth-order valence-electron chi connectivity index (χ4n) is 2.08. The number of hydrogen-bond acceptors (Lipinski definition) is 3. The number of rotatable bonds is 3. The molecule has 0 bridgehead atoms. The highest BCUT2D eigenvalue weighted by Gasteiger charge is 2.22. The fraction of sp³-hybridized carbons (Fsp3) is 0.538. The van der Waals surface area contributed by atoms with Crippen LogP contribution in [-0.2, 0) is 0 Å². The molecular weight excluding hydrogens is 254 g/mol. The second-order valence-electron chi connectivity index (χ2n) is 4.52. The van der Waals surface area contributed by atoms with E-state index in [0.29, 0.717) is 6.04 Å². The second kappa shape index (κ2) is 5.40. The fourth-order valence-corrected chi connectivity index (χ4v) is 3.38. The molecule has 2 unspecified atom stereocenters. The predicted octanol–water partition coefficient (Wildman–Crippen LogP) is 3.96. The summed E-state index contributed by atoms with van der Waals surface area (Å²) in [5.41, 5.74) is 2.13. The van der Waals surface area contributed by atoms with Crippen molar-refractivity contribution in [3.8, 4) is 5.75 Å². The Bertz CT molecular complexity index is 411. The van der Waals surface area contributed by atoms with Gasteiger partial charge in [0.25, 0.3) is 0 Å². The van der Waals surface area contributed by atoms with Gasteiger partial charge in [-0.15, -0.1) is 0 Å². The standard InChI is InChI=1S/C13H18ClNOS/c1-8-4-12(13(16-3)6-11(8)14)15-10-5-9(2)17-7-10/h4,6,9-10,15H,5,7H2,1-3H3. The van der Waals surface area contributed by atoms with Gasteiger partial charge in [0.05, 0.1) is 12.8 Å². The van der Waals surface area contributed by atoms with Crippen molar-refractivity contribution in [2.24, 2.45) is 0 Å². The molecule has 1 saturated heterocycles. The SMILES string of the molecule is COc1cc(Cl)c(C)cc1NC1CSC(C)C1. The third kappa shape index (κ3) is 3.02. The van der Waals surface area contributed by atoms with Crippen molar-refractivity contribution in [1.29, 1.82) is 0 Å². The normalized spacial score (nSPS) is 23.8. The van der Waals surface area contributed by atoms with Crippen molar-refractivity contribution in [2.45, 2.75) is 31.6 Å². The molecule has 0 spiro atoms. The van der Waals surface area contributed by atoms with Crippen LogP contribution < -0.4 is 10.1 Å². The summed E-state index contributed by atoms with van der Waals surface area (Å²) in [7, 11) is 1.68. The second-order valence-corrected chi connectivity index (χ2v) is 6.40. The molecule has 1 N–H and O–H groups in total.